The van der Waals surface area contributed by atoms with Crippen LogP contribution >= 0.6 is 11.8 Å². The number of nitrogens with zero attached hydrogens (tertiary/aromatic N) is 3. The van der Waals surface area contributed by atoms with Crippen molar-refractivity contribution >= 4 is 40.2 Å². The first-order chi connectivity index (χ1) is 12.5. The number of non-ortho nitro benzene ring substituents is 1. The van der Waals surface area contributed by atoms with E-state index in [-0.39, 0.29) is 17.3 Å². The van der Waals surface area contributed by atoms with Crippen LogP contribution in [0.3, 0.4) is 0 Å². The summed E-state index contributed by atoms with van der Waals surface area (Å²) in [7, 11) is 0. The van der Waals surface area contributed by atoms with Crippen molar-refractivity contribution in [1.82, 2.24) is 10.4 Å². The van der Waals surface area contributed by atoms with E-state index in [1.165, 1.54) is 23.9 Å². The fourth-order valence-electron chi connectivity index (χ4n) is 2.11. The van der Waals surface area contributed by atoms with Crippen LogP contribution in [0.2, 0.25) is 0 Å². The average molecular weight is 370 g/mol. The van der Waals surface area contributed by atoms with Crippen LogP contribution in [-0.4, -0.2) is 27.3 Å². The number of carbonyl (C=O) groups is 1. The SMILES string of the molecule is CC(=NNC(=O)CSc1nc2ccccc2o1)c1ccc([N+](=O)[O-])cc1. The second kappa shape index (κ2) is 7.79. The van der Waals surface area contributed by atoms with Gasteiger partial charge in [0.25, 0.3) is 16.8 Å². The minimum absolute atomic E-state index is 0.000297. The van der Waals surface area contributed by atoms with Crippen LogP contribution in [0.25, 0.3) is 11.1 Å². The Morgan fingerprint density at radius 1 is 1.27 bits per heavy atom. The largest absolute Gasteiger partial charge is 0.431 e. The topological polar surface area (TPSA) is 111 Å². The van der Waals surface area contributed by atoms with Crippen molar-refractivity contribution in [3.63, 3.8) is 0 Å². The molecule has 0 saturated carbocycles. The number of nitro groups is 1. The van der Waals surface area contributed by atoms with Crippen LogP contribution in [0, 0.1) is 10.1 Å². The number of amides is 1. The summed E-state index contributed by atoms with van der Waals surface area (Å²) in [4.78, 5) is 26.4. The number of hydrazone groups is 1. The molecule has 0 atom stereocenters. The first-order valence-electron chi connectivity index (χ1n) is 7.59. The quantitative estimate of drug-likeness (QED) is 0.308. The molecule has 0 saturated heterocycles. The average Bonchev–Trinajstić information content (AvgIpc) is 3.07. The molecule has 8 nitrogen and oxygen atoms in total. The maximum Gasteiger partial charge on any atom is 0.269 e. The number of aromatic nitrogens is 1. The smallest absolute Gasteiger partial charge is 0.269 e. The van der Waals surface area contributed by atoms with Gasteiger partial charge in [-0.1, -0.05) is 23.9 Å². The maximum atomic E-state index is 11.9. The third kappa shape index (κ3) is 4.25. The zero-order valence-electron chi connectivity index (χ0n) is 13.7. The summed E-state index contributed by atoms with van der Waals surface area (Å²) < 4.78 is 5.52. The Morgan fingerprint density at radius 3 is 2.69 bits per heavy atom. The monoisotopic (exact) mass is 370 g/mol. The summed E-state index contributed by atoms with van der Waals surface area (Å²) in [6.07, 6.45) is 0. The number of carbonyl (C=O) groups excluding carboxylic acids is 1. The zero-order valence-corrected chi connectivity index (χ0v) is 14.5. The fraction of sp³-hybridized carbons (Fsp3) is 0.118. The lowest BCUT2D eigenvalue weighted by Crippen LogP contribution is -2.21. The Morgan fingerprint density at radius 2 is 2.00 bits per heavy atom. The number of benzene rings is 2. The van der Waals surface area contributed by atoms with Gasteiger partial charge in [0.15, 0.2) is 5.58 Å². The van der Waals surface area contributed by atoms with Crippen LogP contribution in [0.15, 0.2) is 63.3 Å². The Bertz CT molecular complexity index is 949. The molecule has 2 aromatic carbocycles. The molecule has 0 spiro atoms. The molecule has 0 bridgehead atoms. The Kier molecular flexibility index (Phi) is 5.28. The van der Waals surface area contributed by atoms with Gasteiger partial charge in [0.1, 0.15) is 5.52 Å². The van der Waals surface area contributed by atoms with Crippen LogP contribution in [0.5, 0.6) is 0 Å². The molecule has 3 rings (SSSR count). The van der Waals surface area contributed by atoms with Gasteiger partial charge in [-0.15, -0.1) is 0 Å². The van der Waals surface area contributed by atoms with Crippen molar-refractivity contribution in [3.05, 3.63) is 64.2 Å². The van der Waals surface area contributed by atoms with Gasteiger partial charge in [0, 0.05) is 12.1 Å². The lowest BCUT2D eigenvalue weighted by molar-refractivity contribution is -0.384. The standard InChI is InChI=1S/C17H14N4O4S/c1-11(12-6-8-13(9-7-12)21(23)24)19-20-16(22)10-26-17-18-14-4-2-3-5-15(14)25-17/h2-9H,10H2,1H3,(H,20,22). The Balaban J connectivity index is 1.55. The van der Waals surface area contributed by atoms with Gasteiger partial charge in [0.2, 0.25) is 0 Å². The number of para-hydroxylation sites is 2. The predicted molar refractivity (Wildman–Crippen MR) is 98.2 cm³/mol. The molecule has 9 heteroatoms. The number of hydrogen-bond acceptors (Lipinski definition) is 7. The summed E-state index contributed by atoms with van der Waals surface area (Å²) in [5, 5.41) is 15.1. The summed E-state index contributed by atoms with van der Waals surface area (Å²) >= 11 is 1.17. The number of thioether (sulfide) groups is 1. The van der Waals surface area contributed by atoms with E-state index in [4.69, 9.17) is 4.42 Å². The highest BCUT2D eigenvalue weighted by Crippen LogP contribution is 2.22. The second-order valence-corrected chi connectivity index (χ2v) is 6.20. The predicted octanol–water partition coefficient (Wildman–Crippen LogP) is 3.37. The Labute approximate surface area is 152 Å². The maximum absolute atomic E-state index is 11.9. The highest BCUT2D eigenvalue weighted by molar-refractivity contribution is 7.99. The molecule has 0 aliphatic heterocycles. The molecular weight excluding hydrogens is 356 g/mol. The van der Waals surface area contributed by atoms with Crippen LogP contribution < -0.4 is 5.43 Å². The third-order valence-corrected chi connectivity index (χ3v) is 4.27. The van der Waals surface area contributed by atoms with E-state index in [0.29, 0.717) is 22.1 Å². The molecule has 1 heterocycles. The second-order valence-electron chi connectivity index (χ2n) is 5.27. The van der Waals surface area contributed by atoms with Gasteiger partial charge in [-0.2, -0.15) is 5.10 Å². The molecule has 1 amide bonds. The molecular formula is C17H14N4O4S. The highest BCUT2D eigenvalue weighted by Gasteiger charge is 2.09. The molecule has 1 aromatic heterocycles. The molecule has 26 heavy (non-hydrogen) atoms. The van der Waals surface area contributed by atoms with E-state index in [2.05, 4.69) is 15.5 Å². The molecule has 132 valence electrons. The van der Waals surface area contributed by atoms with E-state index in [9.17, 15) is 14.9 Å². The first kappa shape index (κ1) is 17.6. The van der Waals surface area contributed by atoms with E-state index in [0.717, 1.165) is 5.52 Å². The number of nitrogens with one attached hydrogen (secondary N) is 1. The van der Waals surface area contributed by atoms with Gasteiger partial charge in [-0.05, 0) is 36.8 Å². The number of nitro benzene ring substituents is 1. The molecule has 0 aliphatic carbocycles. The molecule has 0 aliphatic rings. The fourth-order valence-corrected chi connectivity index (χ4v) is 2.74. The van der Waals surface area contributed by atoms with Gasteiger partial charge in [0.05, 0.1) is 16.4 Å². The van der Waals surface area contributed by atoms with Gasteiger partial charge in [-0.25, -0.2) is 10.4 Å². The van der Waals surface area contributed by atoms with Gasteiger partial charge in [-0.3, -0.25) is 14.9 Å². The molecule has 0 unspecified atom stereocenters. The minimum Gasteiger partial charge on any atom is -0.431 e. The van der Waals surface area contributed by atoms with Crippen molar-refractivity contribution in [1.29, 1.82) is 0 Å². The van der Waals surface area contributed by atoms with Gasteiger partial charge >= 0.3 is 0 Å². The third-order valence-electron chi connectivity index (χ3n) is 3.45. The number of oxazole rings is 1. The van der Waals surface area contributed by atoms with Crippen LogP contribution in [-0.2, 0) is 4.79 Å². The molecule has 3 aromatic rings. The van der Waals surface area contributed by atoms with Crippen molar-refractivity contribution in [2.45, 2.75) is 12.1 Å². The van der Waals surface area contributed by atoms with Crippen molar-refractivity contribution in [2.24, 2.45) is 5.10 Å². The molecule has 1 N–H and O–H groups in total. The normalized spacial score (nSPS) is 11.5. The zero-order chi connectivity index (χ0) is 18.5. The van der Waals surface area contributed by atoms with Crippen LogP contribution in [0.4, 0.5) is 5.69 Å². The minimum atomic E-state index is -0.471. The number of rotatable bonds is 6. The molecule has 0 radical (unpaired) electrons. The summed E-state index contributed by atoms with van der Waals surface area (Å²) in [5.74, 6) is -0.206. The lowest BCUT2D eigenvalue weighted by Gasteiger charge is -2.02. The highest BCUT2D eigenvalue weighted by atomic mass is 32.2. The first-order valence-corrected chi connectivity index (χ1v) is 8.58. The van der Waals surface area contributed by atoms with Crippen molar-refractivity contribution in [3.8, 4) is 0 Å². The van der Waals surface area contributed by atoms with Crippen molar-refractivity contribution < 1.29 is 14.1 Å². The number of hydrogen-bond donors (Lipinski definition) is 1. The van der Waals surface area contributed by atoms with Crippen molar-refractivity contribution in [2.75, 3.05) is 5.75 Å². The summed E-state index contributed by atoms with van der Waals surface area (Å²) in [6.45, 7) is 1.70. The summed E-state index contributed by atoms with van der Waals surface area (Å²) in [6, 6.07) is 13.3. The van der Waals surface area contributed by atoms with E-state index in [1.807, 2.05) is 24.3 Å². The molecule has 0 fully saturated rings. The van der Waals surface area contributed by atoms with Gasteiger partial charge < -0.3 is 4.42 Å². The number of fused-ring (bicyclic) bond motifs is 1. The summed E-state index contributed by atoms with van der Waals surface area (Å²) in [5.41, 5.74) is 5.08. The van der Waals surface area contributed by atoms with E-state index in [1.54, 1.807) is 19.1 Å². The Hall–Kier alpha value is -3.20. The van der Waals surface area contributed by atoms with E-state index < -0.39 is 4.92 Å². The lowest BCUT2D eigenvalue weighted by atomic mass is 10.1. The van der Waals surface area contributed by atoms with E-state index >= 15 is 0 Å². The van der Waals surface area contributed by atoms with Crippen LogP contribution in [0.1, 0.15) is 12.5 Å².